The van der Waals surface area contributed by atoms with Crippen molar-refractivity contribution in [1.29, 1.82) is 0 Å². The number of rotatable bonds is 3. The zero-order chi connectivity index (χ0) is 14.8. The van der Waals surface area contributed by atoms with Gasteiger partial charge < -0.3 is 5.11 Å². The number of hydrogen-bond donors (Lipinski definition) is 1. The number of halogens is 1. The van der Waals surface area contributed by atoms with Gasteiger partial charge in [0, 0.05) is 16.2 Å². The maximum Gasteiger partial charge on any atom is 0.336 e. The zero-order valence-corrected chi connectivity index (χ0v) is 12.5. The summed E-state index contributed by atoms with van der Waals surface area (Å²) in [5.74, 6) is -0.959. The largest absolute Gasteiger partial charge is 0.478 e. The summed E-state index contributed by atoms with van der Waals surface area (Å²) in [5.41, 5.74) is 3.13. The van der Waals surface area contributed by atoms with Gasteiger partial charge in [0.1, 0.15) is 0 Å². The Bertz CT molecular complexity index is 797. The van der Waals surface area contributed by atoms with Gasteiger partial charge in [0.2, 0.25) is 0 Å². The molecule has 0 radical (unpaired) electrons. The fourth-order valence-electron chi connectivity index (χ4n) is 2.06. The lowest BCUT2D eigenvalue weighted by molar-refractivity contribution is 0.0696. The van der Waals surface area contributed by atoms with Crippen LogP contribution in [0.15, 0.2) is 65.4 Å². The van der Waals surface area contributed by atoms with Crippen LogP contribution < -0.4 is 0 Å². The first-order chi connectivity index (χ1) is 10.1. The monoisotopic (exact) mass is 342 g/mol. The Morgan fingerprint density at radius 3 is 2.52 bits per heavy atom. The fourth-order valence-corrected chi connectivity index (χ4v) is 2.60. The van der Waals surface area contributed by atoms with Crippen molar-refractivity contribution in [2.45, 2.75) is 0 Å². The summed E-state index contributed by atoms with van der Waals surface area (Å²) in [6.07, 6.45) is 3.70. The molecule has 0 saturated carbocycles. The smallest absolute Gasteiger partial charge is 0.336 e. The van der Waals surface area contributed by atoms with E-state index in [1.54, 1.807) is 29.1 Å². The topological polar surface area (TPSA) is 55.1 Å². The van der Waals surface area contributed by atoms with Gasteiger partial charge in [-0.25, -0.2) is 9.48 Å². The highest BCUT2D eigenvalue weighted by Crippen LogP contribution is 2.23. The van der Waals surface area contributed by atoms with Gasteiger partial charge in [-0.1, -0.05) is 30.3 Å². The highest BCUT2D eigenvalue weighted by Gasteiger charge is 2.10. The van der Waals surface area contributed by atoms with Gasteiger partial charge in [0.05, 0.1) is 17.4 Å². The summed E-state index contributed by atoms with van der Waals surface area (Å²) in [7, 11) is 0. The van der Waals surface area contributed by atoms with Crippen molar-refractivity contribution in [3.8, 4) is 16.8 Å². The predicted molar refractivity (Wildman–Crippen MR) is 83.7 cm³/mol. The highest BCUT2D eigenvalue weighted by molar-refractivity contribution is 9.10. The number of benzene rings is 2. The first-order valence-corrected chi connectivity index (χ1v) is 7.08. The zero-order valence-electron chi connectivity index (χ0n) is 10.9. The second-order valence-electron chi connectivity index (χ2n) is 4.51. The molecular formula is C16H11BrN2O2. The quantitative estimate of drug-likeness (QED) is 0.782. The van der Waals surface area contributed by atoms with Gasteiger partial charge in [-0.15, -0.1) is 0 Å². The average Bonchev–Trinajstić information content (AvgIpc) is 2.97. The van der Waals surface area contributed by atoms with Gasteiger partial charge in [-0.3, -0.25) is 0 Å². The van der Waals surface area contributed by atoms with Crippen molar-refractivity contribution >= 4 is 21.9 Å². The van der Waals surface area contributed by atoms with E-state index in [4.69, 9.17) is 5.11 Å². The number of carboxylic acid groups (broad SMARTS) is 1. The number of aromatic nitrogens is 2. The van der Waals surface area contributed by atoms with Gasteiger partial charge >= 0.3 is 5.97 Å². The molecule has 1 aromatic heterocycles. The standard InChI is InChI=1S/C16H11BrN2O2/c17-15-8-13(6-7-14(15)16(20)21)19-10-12(9-18-19)11-4-2-1-3-5-11/h1-10H,(H,20,21). The second-order valence-corrected chi connectivity index (χ2v) is 5.36. The normalized spacial score (nSPS) is 10.5. The lowest BCUT2D eigenvalue weighted by Crippen LogP contribution is -2.00. The molecule has 2 aromatic carbocycles. The van der Waals surface area contributed by atoms with Crippen LogP contribution in [0.2, 0.25) is 0 Å². The van der Waals surface area contributed by atoms with E-state index in [0.717, 1.165) is 16.8 Å². The van der Waals surface area contributed by atoms with E-state index in [-0.39, 0.29) is 5.56 Å². The van der Waals surface area contributed by atoms with Crippen molar-refractivity contribution in [3.05, 3.63) is 71.0 Å². The minimum absolute atomic E-state index is 0.231. The van der Waals surface area contributed by atoms with Crippen LogP contribution in [0.25, 0.3) is 16.8 Å². The third-order valence-corrected chi connectivity index (χ3v) is 3.79. The lowest BCUT2D eigenvalue weighted by atomic mass is 10.1. The molecule has 0 atom stereocenters. The summed E-state index contributed by atoms with van der Waals surface area (Å²) in [6, 6.07) is 15.0. The number of carboxylic acids is 1. The molecule has 1 N–H and O–H groups in total. The number of carbonyl (C=O) groups is 1. The summed E-state index contributed by atoms with van der Waals surface area (Å²) in [5, 5.41) is 13.4. The molecule has 0 unspecified atom stereocenters. The molecule has 0 bridgehead atoms. The molecule has 0 spiro atoms. The van der Waals surface area contributed by atoms with Crippen molar-refractivity contribution < 1.29 is 9.90 Å². The van der Waals surface area contributed by atoms with E-state index in [2.05, 4.69) is 21.0 Å². The summed E-state index contributed by atoms with van der Waals surface area (Å²) in [6.45, 7) is 0. The van der Waals surface area contributed by atoms with Crippen LogP contribution in [0.3, 0.4) is 0 Å². The van der Waals surface area contributed by atoms with Crippen molar-refractivity contribution in [2.24, 2.45) is 0 Å². The molecule has 3 aromatic rings. The molecule has 0 fully saturated rings. The Kier molecular flexibility index (Phi) is 3.58. The molecule has 104 valence electrons. The molecular weight excluding hydrogens is 332 g/mol. The Labute approximate surface area is 129 Å². The Morgan fingerprint density at radius 2 is 1.86 bits per heavy atom. The van der Waals surface area contributed by atoms with Gasteiger partial charge in [0.25, 0.3) is 0 Å². The number of nitrogens with zero attached hydrogens (tertiary/aromatic N) is 2. The van der Waals surface area contributed by atoms with Crippen LogP contribution in [0.4, 0.5) is 0 Å². The highest BCUT2D eigenvalue weighted by atomic mass is 79.9. The Hall–Kier alpha value is -2.40. The van der Waals surface area contributed by atoms with Crippen LogP contribution in [0.5, 0.6) is 0 Å². The van der Waals surface area contributed by atoms with Gasteiger partial charge in [-0.2, -0.15) is 5.10 Å². The molecule has 3 rings (SSSR count). The van der Waals surface area contributed by atoms with Crippen LogP contribution in [0, 0.1) is 0 Å². The van der Waals surface area contributed by atoms with Crippen LogP contribution >= 0.6 is 15.9 Å². The third-order valence-electron chi connectivity index (χ3n) is 3.14. The maximum atomic E-state index is 11.0. The third kappa shape index (κ3) is 2.73. The van der Waals surface area contributed by atoms with E-state index in [9.17, 15) is 4.79 Å². The van der Waals surface area contributed by atoms with E-state index in [1.165, 1.54) is 0 Å². The van der Waals surface area contributed by atoms with E-state index < -0.39 is 5.97 Å². The molecule has 0 aliphatic carbocycles. The van der Waals surface area contributed by atoms with Crippen molar-refractivity contribution in [3.63, 3.8) is 0 Å². The minimum Gasteiger partial charge on any atom is -0.478 e. The maximum absolute atomic E-state index is 11.0. The van der Waals surface area contributed by atoms with Crippen LogP contribution in [-0.4, -0.2) is 20.9 Å². The van der Waals surface area contributed by atoms with Gasteiger partial charge in [0.15, 0.2) is 0 Å². The van der Waals surface area contributed by atoms with Crippen molar-refractivity contribution in [2.75, 3.05) is 0 Å². The SMILES string of the molecule is O=C(O)c1ccc(-n2cc(-c3ccccc3)cn2)cc1Br. The average molecular weight is 343 g/mol. The number of aromatic carboxylic acids is 1. The van der Waals surface area contributed by atoms with E-state index in [0.29, 0.717) is 4.47 Å². The lowest BCUT2D eigenvalue weighted by Gasteiger charge is -2.04. The second kappa shape index (κ2) is 5.54. The molecule has 4 nitrogen and oxygen atoms in total. The first-order valence-electron chi connectivity index (χ1n) is 6.28. The van der Waals surface area contributed by atoms with E-state index >= 15 is 0 Å². The van der Waals surface area contributed by atoms with Crippen LogP contribution in [-0.2, 0) is 0 Å². The molecule has 5 heteroatoms. The molecule has 21 heavy (non-hydrogen) atoms. The minimum atomic E-state index is -0.959. The summed E-state index contributed by atoms with van der Waals surface area (Å²) < 4.78 is 2.25. The molecule has 0 saturated heterocycles. The molecule has 0 amide bonds. The predicted octanol–water partition coefficient (Wildman–Crippen LogP) is 4.00. The Balaban J connectivity index is 1.97. The number of hydrogen-bond acceptors (Lipinski definition) is 2. The Morgan fingerprint density at radius 1 is 1.10 bits per heavy atom. The first kappa shape index (κ1) is 13.6. The summed E-state index contributed by atoms with van der Waals surface area (Å²) in [4.78, 5) is 11.0. The van der Waals surface area contributed by atoms with E-state index in [1.807, 2.05) is 36.5 Å². The molecule has 0 aliphatic rings. The van der Waals surface area contributed by atoms with Crippen LogP contribution in [0.1, 0.15) is 10.4 Å². The fraction of sp³-hybridized carbons (Fsp3) is 0. The van der Waals surface area contributed by atoms with Crippen molar-refractivity contribution in [1.82, 2.24) is 9.78 Å². The molecule has 1 heterocycles. The summed E-state index contributed by atoms with van der Waals surface area (Å²) >= 11 is 3.27. The molecule has 0 aliphatic heterocycles. The van der Waals surface area contributed by atoms with Gasteiger partial charge in [-0.05, 0) is 39.7 Å².